The van der Waals surface area contributed by atoms with Gasteiger partial charge >= 0.3 is 0 Å². The van der Waals surface area contributed by atoms with E-state index in [9.17, 15) is 10.1 Å². The van der Waals surface area contributed by atoms with Crippen LogP contribution in [0, 0.1) is 10.1 Å². The van der Waals surface area contributed by atoms with E-state index in [4.69, 9.17) is 5.73 Å². The molecule has 1 aliphatic rings. The van der Waals surface area contributed by atoms with Crippen molar-refractivity contribution in [2.75, 3.05) is 0 Å². The fourth-order valence-corrected chi connectivity index (χ4v) is 3.08. The number of non-ortho nitro benzene ring substituents is 1. The molecule has 0 spiro atoms. The number of hydrogen-bond donors (Lipinski definition) is 1. The quantitative estimate of drug-likeness (QED) is 0.692. The van der Waals surface area contributed by atoms with Gasteiger partial charge in [0.15, 0.2) is 0 Å². The van der Waals surface area contributed by atoms with Gasteiger partial charge in [-0.1, -0.05) is 36.4 Å². The average Bonchev–Trinajstić information content (AvgIpc) is 2.82. The van der Waals surface area contributed by atoms with E-state index in [0.717, 1.165) is 31.2 Å². The highest BCUT2D eigenvalue weighted by molar-refractivity contribution is 5.37. The summed E-state index contributed by atoms with van der Waals surface area (Å²) in [6, 6.07) is 15.2. The van der Waals surface area contributed by atoms with Crippen LogP contribution in [0.5, 0.6) is 0 Å². The molecule has 2 aromatic rings. The largest absolute Gasteiger partial charge is 0.324 e. The summed E-state index contributed by atoms with van der Waals surface area (Å²) >= 11 is 0. The second kappa shape index (κ2) is 5.30. The summed E-state index contributed by atoms with van der Waals surface area (Å²) in [4.78, 5) is 10.3. The van der Waals surface area contributed by atoms with Crippen LogP contribution in [-0.4, -0.2) is 10.5 Å². The van der Waals surface area contributed by atoms with E-state index in [1.54, 1.807) is 12.1 Å². The summed E-state index contributed by atoms with van der Waals surface area (Å²) in [5, 5.41) is 10.6. The van der Waals surface area contributed by atoms with E-state index in [1.165, 1.54) is 11.1 Å². The molecule has 1 aliphatic carbocycles. The lowest BCUT2D eigenvalue weighted by Crippen LogP contribution is -2.41. The van der Waals surface area contributed by atoms with Gasteiger partial charge in [-0.05, 0) is 42.4 Å². The lowest BCUT2D eigenvalue weighted by molar-refractivity contribution is -0.384. The number of fused-ring (bicyclic) bond motifs is 1. The van der Waals surface area contributed by atoms with Crippen LogP contribution in [0.1, 0.15) is 23.1 Å². The molecule has 3 rings (SSSR count). The number of rotatable bonds is 4. The Labute approximate surface area is 123 Å². The Kier molecular flexibility index (Phi) is 3.47. The van der Waals surface area contributed by atoms with Crippen LogP contribution in [-0.2, 0) is 19.3 Å². The lowest BCUT2D eigenvalue weighted by Gasteiger charge is -2.23. The van der Waals surface area contributed by atoms with Gasteiger partial charge in [0, 0.05) is 17.7 Å². The van der Waals surface area contributed by atoms with Crippen LogP contribution in [0.2, 0.25) is 0 Å². The first kappa shape index (κ1) is 13.8. The predicted molar refractivity (Wildman–Crippen MR) is 82.2 cm³/mol. The first-order chi connectivity index (χ1) is 10.1. The Bertz CT molecular complexity index is 640. The summed E-state index contributed by atoms with van der Waals surface area (Å²) in [6.07, 6.45) is 3.56. The van der Waals surface area contributed by atoms with E-state index in [-0.39, 0.29) is 16.1 Å². The molecule has 0 radical (unpaired) electrons. The highest BCUT2D eigenvalue weighted by atomic mass is 16.6. The number of benzene rings is 2. The highest BCUT2D eigenvalue weighted by Crippen LogP contribution is 2.31. The standard InChI is InChI=1S/C17H18N2O2/c18-17(11-14-3-1-2-4-15(14)12-17)10-9-13-5-7-16(8-6-13)19(20)21/h1-8H,9-12,18H2. The van der Waals surface area contributed by atoms with Crippen molar-refractivity contribution in [1.29, 1.82) is 0 Å². The van der Waals surface area contributed by atoms with Gasteiger partial charge in [0.25, 0.3) is 5.69 Å². The number of nitro benzene ring substituents is 1. The van der Waals surface area contributed by atoms with Gasteiger partial charge in [-0.2, -0.15) is 0 Å². The Hall–Kier alpha value is -2.20. The Morgan fingerprint density at radius 1 is 1.05 bits per heavy atom. The maximum absolute atomic E-state index is 10.6. The molecule has 0 heterocycles. The van der Waals surface area contributed by atoms with Crippen molar-refractivity contribution >= 4 is 5.69 Å². The molecule has 4 nitrogen and oxygen atoms in total. The molecule has 0 amide bonds. The summed E-state index contributed by atoms with van der Waals surface area (Å²) in [6.45, 7) is 0. The Morgan fingerprint density at radius 2 is 1.62 bits per heavy atom. The molecule has 0 bridgehead atoms. The third-order valence-corrected chi connectivity index (χ3v) is 4.26. The van der Waals surface area contributed by atoms with Gasteiger partial charge in [-0.25, -0.2) is 0 Å². The topological polar surface area (TPSA) is 69.2 Å². The number of nitrogens with zero attached hydrogens (tertiary/aromatic N) is 1. The van der Waals surface area contributed by atoms with Crippen LogP contribution in [0.25, 0.3) is 0 Å². The molecule has 4 heteroatoms. The monoisotopic (exact) mass is 282 g/mol. The van der Waals surface area contributed by atoms with Crippen molar-refractivity contribution in [2.24, 2.45) is 5.73 Å². The van der Waals surface area contributed by atoms with Gasteiger partial charge in [0.1, 0.15) is 0 Å². The molecule has 2 aromatic carbocycles. The summed E-state index contributed by atoms with van der Waals surface area (Å²) in [5.41, 5.74) is 10.3. The van der Waals surface area contributed by atoms with Gasteiger partial charge in [0.05, 0.1) is 4.92 Å². The number of nitro groups is 1. The average molecular weight is 282 g/mol. The minimum atomic E-state index is -0.373. The number of nitrogens with two attached hydrogens (primary N) is 1. The molecule has 0 aromatic heterocycles. The minimum absolute atomic E-state index is 0.134. The predicted octanol–water partition coefficient (Wildman–Crippen LogP) is 3.02. The van der Waals surface area contributed by atoms with Crippen LogP contribution in [0.4, 0.5) is 5.69 Å². The summed E-state index contributed by atoms with van der Waals surface area (Å²) in [5.74, 6) is 0. The van der Waals surface area contributed by atoms with E-state index in [1.807, 2.05) is 12.1 Å². The SMILES string of the molecule is NC1(CCc2ccc([N+](=O)[O-])cc2)Cc2ccccc2C1. The zero-order valence-corrected chi connectivity index (χ0v) is 11.8. The third-order valence-electron chi connectivity index (χ3n) is 4.26. The summed E-state index contributed by atoms with van der Waals surface area (Å²) < 4.78 is 0. The van der Waals surface area contributed by atoms with Crippen LogP contribution in [0.3, 0.4) is 0 Å². The normalized spacial score (nSPS) is 15.7. The van der Waals surface area contributed by atoms with Crippen molar-refractivity contribution in [3.05, 3.63) is 75.3 Å². The third kappa shape index (κ3) is 2.95. The van der Waals surface area contributed by atoms with Gasteiger partial charge in [-0.15, -0.1) is 0 Å². The second-order valence-corrected chi connectivity index (χ2v) is 5.91. The molecule has 21 heavy (non-hydrogen) atoms. The fourth-order valence-electron chi connectivity index (χ4n) is 3.08. The summed E-state index contributed by atoms with van der Waals surface area (Å²) in [7, 11) is 0. The first-order valence-electron chi connectivity index (χ1n) is 7.15. The highest BCUT2D eigenvalue weighted by Gasteiger charge is 2.32. The van der Waals surface area contributed by atoms with Gasteiger partial charge in [-0.3, -0.25) is 10.1 Å². The molecule has 0 aliphatic heterocycles. The van der Waals surface area contributed by atoms with Crippen molar-refractivity contribution in [1.82, 2.24) is 0 Å². The number of hydrogen-bond acceptors (Lipinski definition) is 3. The second-order valence-electron chi connectivity index (χ2n) is 5.91. The van der Waals surface area contributed by atoms with Gasteiger partial charge in [0.2, 0.25) is 0 Å². The zero-order chi connectivity index (χ0) is 14.9. The number of aryl methyl sites for hydroxylation is 1. The van der Waals surface area contributed by atoms with Crippen molar-refractivity contribution in [2.45, 2.75) is 31.2 Å². The van der Waals surface area contributed by atoms with Crippen LogP contribution in [0.15, 0.2) is 48.5 Å². The first-order valence-corrected chi connectivity index (χ1v) is 7.15. The molecule has 0 fully saturated rings. The van der Waals surface area contributed by atoms with Crippen molar-refractivity contribution < 1.29 is 4.92 Å². The fraction of sp³-hybridized carbons (Fsp3) is 0.294. The van der Waals surface area contributed by atoms with Gasteiger partial charge < -0.3 is 5.73 Å². The maximum Gasteiger partial charge on any atom is 0.269 e. The maximum atomic E-state index is 10.6. The van der Waals surface area contributed by atoms with E-state index < -0.39 is 0 Å². The van der Waals surface area contributed by atoms with E-state index in [0.29, 0.717) is 0 Å². The molecule has 2 N–H and O–H groups in total. The molecular formula is C17H18N2O2. The van der Waals surface area contributed by atoms with Crippen molar-refractivity contribution in [3.63, 3.8) is 0 Å². The van der Waals surface area contributed by atoms with E-state index in [2.05, 4.69) is 24.3 Å². The Morgan fingerprint density at radius 3 is 2.14 bits per heavy atom. The lowest BCUT2D eigenvalue weighted by atomic mass is 9.89. The van der Waals surface area contributed by atoms with E-state index >= 15 is 0 Å². The zero-order valence-electron chi connectivity index (χ0n) is 11.8. The molecule has 0 unspecified atom stereocenters. The molecule has 0 atom stereocenters. The van der Waals surface area contributed by atoms with Crippen LogP contribution >= 0.6 is 0 Å². The minimum Gasteiger partial charge on any atom is -0.324 e. The smallest absolute Gasteiger partial charge is 0.269 e. The molecular weight excluding hydrogens is 264 g/mol. The molecule has 0 saturated heterocycles. The van der Waals surface area contributed by atoms with Crippen molar-refractivity contribution in [3.8, 4) is 0 Å². The molecule has 108 valence electrons. The molecule has 0 saturated carbocycles. The van der Waals surface area contributed by atoms with Crippen LogP contribution < -0.4 is 5.73 Å². The Balaban J connectivity index is 1.64.